The summed E-state index contributed by atoms with van der Waals surface area (Å²) >= 11 is 4.28. The van der Waals surface area contributed by atoms with Crippen LogP contribution in [0.5, 0.6) is 5.75 Å². The number of benzene rings is 3. The van der Waals surface area contributed by atoms with E-state index in [0.717, 1.165) is 18.8 Å². The third kappa shape index (κ3) is 5.81. The molecule has 0 saturated carbocycles. The predicted octanol–water partition coefficient (Wildman–Crippen LogP) is 5.12. The molecule has 3 aromatic rings. The lowest BCUT2D eigenvalue weighted by Crippen LogP contribution is -2.19. The number of nitriles is 2. The first kappa shape index (κ1) is 23.6. The molecule has 1 N–H and O–H groups in total. The minimum Gasteiger partial charge on any atom is -0.487 e. The quantitative estimate of drug-likeness (QED) is 0.228. The molecule has 6 nitrogen and oxygen atoms in total. The van der Waals surface area contributed by atoms with Crippen molar-refractivity contribution in [3.05, 3.63) is 95.4 Å². The maximum Gasteiger partial charge on any atom is 0.274 e. The van der Waals surface area contributed by atoms with Crippen LogP contribution in [0.25, 0.3) is 0 Å². The van der Waals surface area contributed by atoms with E-state index in [1.165, 1.54) is 18.3 Å². The molecule has 9 heteroatoms. The molecule has 0 heterocycles. The average molecular weight is 650 g/mol. The van der Waals surface area contributed by atoms with Gasteiger partial charge in [-0.25, -0.2) is 9.82 Å². The number of nitrogens with one attached hydrogen (secondary N) is 1. The van der Waals surface area contributed by atoms with Crippen LogP contribution in [0.2, 0.25) is 0 Å². The molecule has 0 aliphatic heterocycles. The van der Waals surface area contributed by atoms with Crippen LogP contribution >= 0.6 is 45.2 Å². The van der Waals surface area contributed by atoms with E-state index in [-0.39, 0.29) is 17.7 Å². The Morgan fingerprint density at radius 3 is 2.47 bits per heavy atom. The van der Waals surface area contributed by atoms with Crippen LogP contribution in [0.1, 0.15) is 32.6 Å². The van der Waals surface area contributed by atoms with Gasteiger partial charge in [0.1, 0.15) is 18.2 Å². The van der Waals surface area contributed by atoms with E-state index in [2.05, 4.69) is 61.8 Å². The van der Waals surface area contributed by atoms with Crippen LogP contribution in [0, 0.1) is 35.6 Å². The SMILES string of the molecule is N#Cc1ccc(C(=O)N/N=C\c2cc(I)c(OCc3ccccc3C#N)c(I)c2)c(F)c1. The topological polar surface area (TPSA) is 98.3 Å². The fraction of sp³-hybridized carbons (Fsp3) is 0.0435. The Hall–Kier alpha value is -3.03. The summed E-state index contributed by atoms with van der Waals surface area (Å²) in [4.78, 5) is 12.1. The minimum absolute atomic E-state index is 0.130. The van der Waals surface area contributed by atoms with Crippen LogP contribution in [0.4, 0.5) is 4.39 Å². The number of halogens is 3. The van der Waals surface area contributed by atoms with E-state index >= 15 is 0 Å². The third-order valence-electron chi connectivity index (χ3n) is 4.25. The Bertz CT molecular complexity index is 1270. The molecule has 0 atom stereocenters. The van der Waals surface area contributed by atoms with Gasteiger partial charge in [-0.15, -0.1) is 0 Å². The first-order valence-electron chi connectivity index (χ1n) is 9.06. The summed E-state index contributed by atoms with van der Waals surface area (Å²) in [5.74, 6) is -0.830. The summed E-state index contributed by atoms with van der Waals surface area (Å²) in [6.45, 7) is 0.259. The van der Waals surface area contributed by atoms with Gasteiger partial charge in [-0.05, 0) is 87.1 Å². The molecule has 3 aromatic carbocycles. The molecule has 0 saturated heterocycles. The van der Waals surface area contributed by atoms with Crippen LogP contribution < -0.4 is 10.2 Å². The second-order valence-electron chi connectivity index (χ2n) is 6.38. The number of rotatable bonds is 6. The molecule has 158 valence electrons. The number of carbonyl (C=O) groups is 1. The van der Waals surface area contributed by atoms with Crippen molar-refractivity contribution in [1.82, 2.24) is 5.43 Å². The number of hydrogen-bond donors (Lipinski definition) is 1. The minimum atomic E-state index is -0.791. The number of carbonyl (C=O) groups excluding carboxylic acids is 1. The molecule has 0 bridgehead atoms. The van der Waals surface area contributed by atoms with E-state index in [9.17, 15) is 14.4 Å². The van der Waals surface area contributed by atoms with Gasteiger partial charge >= 0.3 is 0 Å². The Balaban J connectivity index is 1.68. The summed E-state index contributed by atoms with van der Waals surface area (Å²) < 4.78 is 21.5. The fourth-order valence-corrected chi connectivity index (χ4v) is 4.82. The van der Waals surface area contributed by atoms with E-state index in [1.54, 1.807) is 12.1 Å². The zero-order valence-electron chi connectivity index (χ0n) is 16.3. The molecule has 0 aromatic heterocycles. The monoisotopic (exact) mass is 650 g/mol. The second-order valence-corrected chi connectivity index (χ2v) is 8.70. The molecule has 0 fully saturated rings. The number of hydrazone groups is 1. The van der Waals surface area contributed by atoms with Crippen LogP contribution in [0.15, 0.2) is 59.7 Å². The average Bonchev–Trinajstić information content (AvgIpc) is 2.78. The van der Waals surface area contributed by atoms with Gasteiger partial charge in [-0.3, -0.25) is 4.79 Å². The van der Waals surface area contributed by atoms with Crippen molar-refractivity contribution in [3.8, 4) is 17.9 Å². The normalized spacial score (nSPS) is 10.4. The Morgan fingerprint density at radius 1 is 1.09 bits per heavy atom. The number of amides is 1. The highest BCUT2D eigenvalue weighted by Crippen LogP contribution is 2.29. The maximum absolute atomic E-state index is 13.9. The highest BCUT2D eigenvalue weighted by molar-refractivity contribution is 14.1. The molecule has 32 heavy (non-hydrogen) atoms. The first-order valence-corrected chi connectivity index (χ1v) is 11.2. The van der Waals surface area contributed by atoms with Crippen molar-refractivity contribution in [3.63, 3.8) is 0 Å². The van der Waals surface area contributed by atoms with Crippen molar-refractivity contribution < 1.29 is 13.9 Å². The lowest BCUT2D eigenvalue weighted by atomic mass is 10.1. The Labute approximate surface area is 211 Å². The standard InChI is InChI=1S/C23H13FI2N4O2/c24-19-7-14(10-27)5-6-18(19)23(31)30-29-12-15-8-20(25)22(21(26)9-15)32-13-17-4-2-1-3-16(17)11-28/h1-9,12H,13H2,(H,30,31)/b29-12-. The lowest BCUT2D eigenvalue weighted by Gasteiger charge is -2.12. The molecule has 0 radical (unpaired) electrons. The van der Waals surface area contributed by atoms with Crippen molar-refractivity contribution in [1.29, 1.82) is 10.5 Å². The summed E-state index contributed by atoms with van der Waals surface area (Å²) in [7, 11) is 0. The highest BCUT2D eigenvalue weighted by Gasteiger charge is 2.12. The van der Waals surface area contributed by atoms with E-state index < -0.39 is 11.7 Å². The van der Waals surface area contributed by atoms with Gasteiger partial charge in [0.05, 0.1) is 42.2 Å². The largest absolute Gasteiger partial charge is 0.487 e. The van der Waals surface area contributed by atoms with Crippen molar-refractivity contribution in [2.45, 2.75) is 6.61 Å². The summed E-state index contributed by atoms with van der Waals surface area (Å²) in [6.07, 6.45) is 1.44. The lowest BCUT2D eigenvalue weighted by molar-refractivity contribution is 0.0951. The van der Waals surface area contributed by atoms with Crippen molar-refractivity contribution in [2.24, 2.45) is 5.10 Å². The molecule has 3 rings (SSSR count). The van der Waals surface area contributed by atoms with Gasteiger partial charge in [0, 0.05) is 5.56 Å². The molecule has 1 amide bonds. The van der Waals surface area contributed by atoms with Gasteiger partial charge in [-0.1, -0.05) is 18.2 Å². The van der Waals surface area contributed by atoms with Gasteiger partial charge in [-0.2, -0.15) is 15.6 Å². The summed E-state index contributed by atoms with van der Waals surface area (Å²) in [5.41, 5.74) is 4.28. The summed E-state index contributed by atoms with van der Waals surface area (Å²) in [6, 6.07) is 18.5. The fourth-order valence-electron chi connectivity index (χ4n) is 2.69. The van der Waals surface area contributed by atoms with E-state index in [1.807, 2.05) is 30.3 Å². The summed E-state index contributed by atoms with van der Waals surface area (Å²) in [5, 5.41) is 21.9. The van der Waals surface area contributed by atoms with E-state index in [4.69, 9.17) is 10.00 Å². The molecule has 0 aliphatic carbocycles. The molecule has 0 spiro atoms. The molecule has 0 aliphatic rings. The van der Waals surface area contributed by atoms with Crippen LogP contribution in [0.3, 0.4) is 0 Å². The molecular weight excluding hydrogens is 637 g/mol. The number of ether oxygens (including phenoxy) is 1. The van der Waals surface area contributed by atoms with Crippen LogP contribution in [-0.4, -0.2) is 12.1 Å². The first-order chi connectivity index (χ1) is 15.4. The van der Waals surface area contributed by atoms with Crippen LogP contribution in [-0.2, 0) is 6.61 Å². The zero-order chi connectivity index (χ0) is 23.1. The molecular formula is C23H13FI2N4O2. The highest BCUT2D eigenvalue weighted by atomic mass is 127. The Kier molecular flexibility index (Phi) is 8.14. The Morgan fingerprint density at radius 2 is 1.81 bits per heavy atom. The van der Waals surface area contributed by atoms with Gasteiger partial charge < -0.3 is 4.74 Å². The number of nitrogens with zero attached hydrogens (tertiary/aromatic N) is 3. The second kappa shape index (κ2) is 11.0. The van der Waals surface area contributed by atoms with Gasteiger partial charge in [0.2, 0.25) is 0 Å². The van der Waals surface area contributed by atoms with E-state index in [0.29, 0.717) is 16.9 Å². The third-order valence-corrected chi connectivity index (χ3v) is 5.86. The zero-order valence-corrected chi connectivity index (χ0v) is 20.6. The maximum atomic E-state index is 13.9. The smallest absolute Gasteiger partial charge is 0.274 e. The van der Waals surface area contributed by atoms with Crippen molar-refractivity contribution >= 4 is 57.3 Å². The van der Waals surface area contributed by atoms with Gasteiger partial charge in [0.15, 0.2) is 0 Å². The molecule has 0 unspecified atom stereocenters. The number of hydrogen-bond acceptors (Lipinski definition) is 5. The van der Waals surface area contributed by atoms with Gasteiger partial charge in [0.25, 0.3) is 5.91 Å². The predicted molar refractivity (Wildman–Crippen MR) is 134 cm³/mol. The van der Waals surface area contributed by atoms with Crippen molar-refractivity contribution in [2.75, 3.05) is 0 Å².